The topological polar surface area (TPSA) is 43.1 Å². The smallest absolute Gasteiger partial charge is 0.258 e. The average Bonchev–Trinajstić information content (AvgIpc) is 2.02. The molecule has 0 aliphatic carbocycles. The maximum Gasteiger partial charge on any atom is 0.279 e. The molecule has 0 aliphatic rings. The highest BCUT2D eigenvalue weighted by Crippen LogP contribution is 2.25. The van der Waals surface area contributed by atoms with Crippen molar-refractivity contribution in [3.8, 4) is 0 Å². The van der Waals surface area contributed by atoms with Crippen LogP contribution >= 0.6 is 15.9 Å². The Morgan fingerprint density at radius 2 is 2.08 bits per heavy atom. The van der Waals surface area contributed by atoms with Gasteiger partial charge in [-0.25, -0.2) is 8.78 Å². The van der Waals surface area contributed by atoms with Gasteiger partial charge in [0, 0.05) is 11.4 Å². The predicted octanol–water partition coefficient (Wildman–Crippen LogP) is 2.77. The van der Waals surface area contributed by atoms with Crippen molar-refractivity contribution in [3.05, 3.63) is 39.4 Å². The van der Waals surface area contributed by atoms with Crippen molar-refractivity contribution < 1.29 is 13.7 Å². The predicted molar refractivity (Wildman–Crippen MR) is 45.6 cm³/mol. The minimum atomic E-state index is -0.950. The van der Waals surface area contributed by atoms with Gasteiger partial charge in [0.2, 0.25) is 0 Å². The Morgan fingerprint density at radius 3 is 2.54 bits per heavy atom. The molecule has 0 saturated heterocycles. The second-order valence-electron chi connectivity index (χ2n) is 2.28. The summed E-state index contributed by atoms with van der Waals surface area (Å²) in [5, 5.41) is 10.3. The fraction of sp³-hybridized carbons (Fsp3) is 0.143. The van der Waals surface area contributed by atoms with Gasteiger partial charge in [-0.1, -0.05) is 15.9 Å². The Balaban J connectivity index is 3.38. The van der Waals surface area contributed by atoms with Crippen molar-refractivity contribution in [2.75, 3.05) is 0 Å². The molecule has 0 N–H and O–H groups in total. The third-order valence-electron chi connectivity index (χ3n) is 1.47. The molecule has 13 heavy (non-hydrogen) atoms. The van der Waals surface area contributed by atoms with Crippen molar-refractivity contribution in [1.29, 1.82) is 0 Å². The summed E-state index contributed by atoms with van der Waals surface area (Å²) in [6.45, 7) is 0. The maximum absolute atomic E-state index is 12.9. The van der Waals surface area contributed by atoms with Gasteiger partial charge in [0.15, 0.2) is 0 Å². The van der Waals surface area contributed by atoms with Gasteiger partial charge in [0.25, 0.3) is 5.69 Å². The van der Waals surface area contributed by atoms with Crippen LogP contribution in [0.25, 0.3) is 0 Å². The van der Waals surface area contributed by atoms with Crippen LogP contribution in [0.3, 0.4) is 0 Å². The number of hydrogen-bond acceptors (Lipinski definition) is 2. The highest BCUT2D eigenvalue weighted by molar-refractivity contribution is 9.08. The average molecular weight is 252 g/mol. The van der Waals surface area contributed by atoms with E-state index in [1.807, 2.05) is 0 Å². The molecule has 70 valence electrons. The minimum Gasteiger partial charge on any atom is -0.258 e. The van der Waals surface area contributed by atoms with E-state index in [1.54, 1.807) is 0 Å². The number of nitro benzene ring substituents is 1. The summed E-state index contributed by atoms with van der Waals surface area (Å²) in [5.41, 5.74) is -0.694. The Kier molecular flexibility index (Phi) is 2.92. The van der Waals surface area contributed by atoms with E-state index in [1.165, 1.54) is 0 Å². The van der Waals surface area contributed by atoms with Gasteiger partial charge in [-0.15, -0.1) is 0 Å². The van der Waals surface area contributed by atoms with E-state index in [9.17, 15) is 18.9 Å². The van der Waals surface area contributed by atoms with Gasteiger partial charge in [0.05, 0.1) is 16.6 Å². The van der Waals surface area contributed by atoms with Crippen LogP contribution in [-0.2, 0) is 5.33 Å². The Morgan fingerprint density at radius 1 is 1.46 bits per heavy atom. The largest absolute Gasteiger partial charge is 0.279 e. The van der Waals surface area contributed by atoms with E-state index in [-0.39, 0.29) is 10.9 Å². The lowest BCUT2D eigenvalue weighted by Gasteiger charge is -2.00. The van der Waals surface area contributed by atoms with E-state index in [2.05, 4.69) is 15.9 Å². The lowest BCUT2D eigenvalue weighted by Crippen LogP contribution is -1.98. The summed E-state index contributed by atoms with van der Waals surface area (Å²) in [4.78, 5) is 9.52. The van der Waals surface area contributed by atoms with Gasteiger partial charge < -0.3 is 0 Å². The van der Waals surface area contributed by atoms with Crippen LogP contribution in [0.5, 0.6) is 0 Å². The zero-order valence-electron chi connectivity index (χ0n) is 6.26. The highest BCUT2D eigenvalue weighted by atomic mass is 79.9. The first-order valence-electron chi connectivity index (χ1n) is 3.24. The monoisotopic (exact) mass is 251 g/mol. The number of nitro groups is 1. The van der Waals surface area contributed by atoms with Crippen LogP contribution in [0.15, 0.2) is 12.1 Å². The lowest BCUT2D eigenvalue weighted by molar-refractivity contribution is -0.385. The molecule has 0 spiro atoms. The summed E-state index contributed by atoms with van der Waals surface area (Å²) in [7, 11) is 0. The Labute approximate surface area is 80.6 Å². The van der Waals surface area contributed by atoms with Gasteiger partial charge in [-0.3, -0.25) is 10.1 Å². The molecule has 0 atom stereocenters. The van der Waals surface area contributed by atoms with Gasteiger partial charge in [-0.2, -0.15) is 0 Å². The molecule has 0 radical (unpaired) electrons. The molecule has 0 fully saturated rings. The molecule has 0 unspecified atom stereocenters. The zero-order chi connectivity index (χ0) is 10.0. The van der Waals surface area contributed by atoms with Gasteiger partial charge in [-0.05, 0) is 0 Å². The number of benzene rings is 1. The molecule has 0 amide bonds. The first-order valence-corrected chi connectivity index (χ1v) is 4.36. The second-order valence-corrected chi connectivity index (χ2v) is 2.84. The second kappa shape index (κ2) is 3.78. The van der Waals surface area contributed by atoms with Gasteiger partial charge >= 0.3 is 0 Å². The zero-order valence-corrected chi connectivity index (χ0v) is 7.85. The molecule has 1 aromatic rings. The van der Waals surface area contributed by atoms with E-state index in [0.717, 1.165) is 0 Å². The summed E-state index contributed by atoms with van der Waals surface area (Å²) in [5.74, 6) is -1.86. The number of hydrogen-bond donors (Lipinski definition) is 0. The van der Waals surface area contributed by atoms with E-state index in [4.69, 9.17) is 0 Å². The van der Waals surface area contributed by atoms with Crippen LogP contribution in [0, 0.1) is 21.7 Å². The number of nitrogens with zero attached hydrogens (tertiary/aromatic N) is 1. The van der Waals surface area contributed by atoms with Crippen molar-refractivity contribution >= 4 is 21.6 Å². The minimum absolute atomic E-state index is 0.0184. The summed E-state index contributed by atoms with van der Waals surface area (Å²) in [6.07, 6.45) is 0. The molecule has 0 heterocycles. The SMILES string of the molecule is O=[N+]([O-])c1cc(F)cc(F)c1CBr. The fourth-order valence-electron chi connectivity index (χ4n) is 0.885. The summed E-state index contributed by atoms with van der Waals surface area (Å²) >= 11 is 2.89. The first kappa shape index (κ1) is 10.0. The number of rotatable bonds is 2. The van der Waals surface area contributed by atoms with Crippen LogP contribution in [0.1, 0.15) is 5.56 Å². The molecule has 0 bridgehead atoms. The molecule has 1 aromatic carbocycles. The Hall–Kier alpha value is -1.04. The summed E-state index contributed by atoms with van der Waals surface area (Å²) in [6, 6.07) is 1.31. The van der Waals surface area contributed by atoms with Crippen LogP contribution in [0.2, 0.25) is 0 Å². The number of alkyl halides is 1. The van der Waals surface area contributed by atoms with Crippen molar-refractivity contribution in [2.24, 2.45) is 0 Å². The molecule has 0 aromatic heterocycles. The molecular weight excluding hydrogens is 248 g/mol. The van der Waals surface area contributed by atoms with E-state index < -0.39 is 22.2 Å². The molecule has 6 heteroatoms. The Bertz CT molecular complexity index is 357. The van der Waals surface area contributed by atoms with Crippen LogP contribution < -0.4 is 0 Å². The van der Waals surface area contributed by atoms with Crippen LogP contribution in [0.4, 0.5) is 14.5 Å². The standard InChI is InChI=1S/C7H4BrF2NO2/c8-3-5-6(10)1-4(9)2-7(5)11(12)13/h1-2H,3H2. The lowest BCUT2D eigenvalue weighted by atomic mass is 10.2. The fourth-order valence-corrected chi connectivity index (χ4v) is 1.44. The highest BCUT2D eigenvalue weighted by Gasteiger charge is 2.18. The van der Waals surface area contributed by atoms with Crippen molar-refractivity contribution in [2.45, 2.75) is 5.33 Å². The van der Waals surface area contributed by atoms with E-state index in [0.29, 0.717) is 12.1 Å². The quantitative estimate of drug-likeness (QED) is 0.461. The van der Waals surface area contributed by atoms with Crippen LogP contribution in [-0.4, -0.2) is 4.92 Å². The summed E-state index contributed by atoms with van der Waals surface area (Å²) < 4.78 is 25.4. The molecule has 0 saturated carbocycles. The molecule has 0 aliphatic heterocycles. The van der Waals surface area contributed by atoms with Crippen molar-refractivity contribution in [1.82, 2.24) is 0 Å². The third-order valence-corrected chi connectivity index (χ3v) is 2.03. The molecule has 3 nitrogen and oxygen atoms in total. The van der Waals surface area contributed by atoms with Gasteiger partial charge in [0.1, 0.15) is 11.6 Å². The van der Waals surface area contributed by atoms with E-state index >= 15 is 0 Å². The van der Waals surface area contributed by atoms with Crippen molar-refractivity contribution in [3.63, 3.8) is 0 Å². The normalized spacial score (nSPS) is 10.1. The maximum atomic E-state index is 12.9. The molecule has 1 rings (SSSR count). The molecular formula is C7H4BrF2NO2. The number of halogens is 3. The third kappa shape index (κ3) is 2.00. The first-order chi connectivity index (χ1) is 6.06.